The summed E-state index contributed by atoms with van der Waals surface area (Å²) in [5.41, 5.74) is -0.853. The highest BCUT2D eigenvalue weighted by atomic mass is 19.3. The Labute approximate surface area is 257 Å². The molecule has 0 bridgehead atoms. The van der Waals surface area contributed by atoms with Gasteiger partial charge in [-0.25, -0.2) is 17.6 Å². The molecule has 0 heterocycles. The lowest BCUT2D eigenvalue weighted by atomic mass is 9.88. The van der Waals surface area contributed by atoms with Gasteiger partial charge in [0.15, 0.2) is 13.2 Å². The lowest BCUT2D eigenvalue weighted by Crippen LogP contribution is -2.39. The van der Waals surface area contributed by atoms with Gasteiger partial charge in [-0.15, -0.1) is 0 Å². The van der Waals surface area contributed by atoms with Gasteiger partial charge in [0.2, 0.25) is 0 Å². The van der Waals surface area contributed by atoms with Crippen molar-refractivity contribution in [3.05, 3.63) is 48.5 Å². The van der Waals surface area contributed by atoms with E-state index in [-0.39, 0.29) is 11.5 Å². The summed E-state index contributed by atoms with van der Waals surface area (Å²) in [6.07, 6.45) is 5.84. The van der Waals surface area contributed by atoms with Crippen LogP contribution in [0.4, 0.5) is 17.6 Å². The highest BCUT2D eigenvalue weighted by Crippen LogP contribution is 2.36. The fourth-order valence-electron chi connectivity index (χ4n) is 3.38. The van der Waals surface area contributed by atoms with Crippen molar-refractivity contribution in [2.24, 2.45) is 16.7 Å². The number of rotatable bonds is 16. The Hall–Kier alpha value is -2.64. The number of hydrogen-bond acceptors (Lipinski definition) is 4. The molecule has 0 unspecified atom stereocenters. The third kappa shape index (κ3) is 16.1. The van der Waals surface area contributed by atoms with E-state index in [0.717, 1.165) is 37.6 Å². The smallest absolute Gasteiger partial charge is 0.286 e. The Morgan fingerprint density at radius 1 is 0.628 bits per heavy atom. The van der Waals surface area contributed by atoms with Gasteiger partial charge in [-0.3, -0.25) is 0 Å². The highest BCUT2D eigenvalue weighted by Gasteiger charge is 2.43. The van der Waals surface area contributed by atoms with Crippen LogP contribution >= 0.6 is 0 Å². The van der Waals surface area contributed by atoms with E-state index >= 15 is 0 Å². The minimum absolute atomic E-state index is 0.152. The lowest BCUT2D eigenvalue weighted by molar-refractivity contribution is -0.123. The molecule has 8 heteroatoms. The normalized spacial score (nSPS) is 12.4. The van der Waals surface area contributed by atoms with Gasteiger partial charge in [-0.1, -0.05) is 87.3 Å². The van der Waals surface area contributed by atoms with Crippen LogP contribution in [0.2, 0.25) is 0 Å². The first-order chi connectivity index (χ1) is 19.9. The first-order valence-electron chi connectivity index (χ1n) is 15.3. The van der Waals surface area contributed by atoms with E-state index in [2.05, 4.69) is 27.7 Å². The summed E-state index contributed by atoms with van der Waals surface area (Å²) in [7, 11) is 0. The van der Waals surface area contributed by atoms with Crippen LogP contribution in [0, 0.1) is 16.7 Å². The number of benzene rings is 2. The fraction of sp³-hybridized carbons (Fsp3) is 0.657. The third-order valence-corrected chi connectivity index (χ3v) is 6.76. The third-order valence-electron chi connectivity index (χ3n) is 6.76. The molecule has 0 N–H and O–H groups in total. The molecule has 43 heavy (non-hydrogen) atoms. The largest absolute Gasteiger partial charge is 0.493 e. The summed E-state index contributed by atoms with van der Waals surface area (Å²) in [5, 5.41) is 0. The zero-order valence-corrected chi connectivity index (χ0v) is 27.7. The second-order valence-corrected chi connectivity index (χ2v) is 13.5. The van der Waals surface area contributed by atoms with Crippen LogP contribution < -0.4 is 18.9 Å². The molecule has 0 fully saturated rings. The lowest BCUT2D eigenvalue weighted by Gasteiger charge is -2.30. The average molecular weight is 615 g/mol. The Kier molecular flexibility index (Phi) is 15.7. The summed E-state index contributed by atoms with van der Waals surface area (Å²) in [6, 6.07) is 13.8. The van der Waals surface area contributed by atoms with Gasteiger partial charge in [-0.05, 0) is 48.9 Å². The second-order valence-electron chi connectivity index (χ2n) is 13.5. The zero-order valence-electron chi connectivity index (χ0n) is 27.7. The molecule has 4 nitrogen and oxygen atoms in total. The van der Waals surface area contributed by atoms with Gasteiger partial charge in [0.05, 0.1) is 13.2 Å². The SMILES string of the molecule is CC(C)C(F)(F)COc1cccc(OCC(F)(F)C(C)(C)C)c1.CCCCCOc1cccc(OCCCC(C)(C)C)c1. The molecule has 0 atom stereocenters. The maximum Gasteiger partial charge on any atom is 0.286 e. The van der Waals surface area contributed by atoms with E-state index in [1.165, 1.54) is 78.1 Å². The van der Waals surface area contributed by atoms with Crippen LogP contribution in [0.5, 0.6) is 23.0 Å². The summed E-state index contributed by atoms with van der Waals surface area (Å²) in [5.74, 6) is -4.71. The average Bonchev–Trinajstić information content (AvgIpc) is 2.91. The van der Waals surface area contributed by atoms with Crippen LogP contribution in [0.1, 0.15) is 94.4 Å². The van der Waals surface area contributed by atoms with E-state index in [1.54, 1.807) is 0 Å². The van der Waals surface area contributed by atoms with Crippen LogP contribution in [-0.4, -0.2) is 38.3 Å². The molecule has 0 aliphatic rings. The molecule has 0 aromatic heterocycles. The topological polar surface area (TPSA) is 36.9 Å². The van der Waals surface area contributed by atoms with E-state index in [0.29, 0.717) is 5.41 Å². The van der Waals surface area contributed by atoms with Crippen molar-refractivity contribution in [2.75, 3.05) is 26.4 Å². The van der Waals surface area contributed by atoms with Crippen LogP contribution in [0.25, 0.3) is 0 Å². The number of alkyl halides is 4. The Morgan fingerprint density at radius 2 is 1.07 bits per heavy atom. The van der Waals surface area contributed by atoms with E-state index in [1.807, 2.05) is 24.3 Å². The Balaban J connectivity index is 0.000000434. The molecule has 2 aromatic carbocycles. The van der Waals surface area contributed by atoms with Gasteiger partial charge < -0.3 is 18.9 Å². The van der Waals surface area contributed by atoms with E-state index < -0.39 is 36.4 Å². The minimum atomic E-state index is -3.02. The summed E-state index contributed by atoms with van der Waals surface area (Å²) >= 11 is 0. The van der Waals surface area contributed by atoms with Crippen LogP contribution in [-0.2, 0) is 0 Å². The van der Waals surface area contributed by atoms with Gasteiger partial charge in [0.25, 0.3) is 11.8 Å². The maximum atomic E-state index is 13.9. The molecule has 0 radical (unpaired) electrons. The number of ether oxygens (including phenoxy) is 4. The van der Waals surface area contributed by atoms with Crippen LogP contribution in [0.3, 0.4) is 0 Å². The molecule has 246 valence electrons. The molecule has 0 saturated carbocycles. The molecule has 0 spiro atoms. The summed E-state index contributed by atoms with van der Waals surface area (Å²) in [4.78, 5) is 0. The molecule has 0 saturated heterocycles. The van der Waals surface area contributed by atoms with E-state index in [4.69, 9.17) is 18.9 Å². The molecule has 0 aliphatic heterocycles. The summed E-state index contributed by atoms with van der Waals surface area (Å²) < 4.78 is 76.4. The van der Waals surface area contributed by atoms with Crippen molar-refractivity contribution in [2.45, 2.75) is 106 Å². The van der Waals surface area contributed by atoms with Crippen molar-refractivity contribution in [3.8, 4) is 23.0 Å². The quantitative estimate of drug-likeness (QED) is 0.139. The minimum Gasteiger partial charge on any atom is -0.493 e. The first kappa shape index (κ1) is 38.4. The molecule has 2 rings (SSSR count). The molecular formula is C35H54F4O4. The van der Waals surface area contributed by atoms with Gasteiger partial charge in [0, 0.05) is 23.5 Å². The van der Waals surface area contributed by atoms with E-state index in [9.17, 15) is 17.6 Å². The van der Waals surface area contributed by atoms with Crippen LogP contribution in [0.15, 0.2) is 48.5 Å². The van der Waals surface area contributed by atoms with Crippen molar-refractivity contribution in [1.82, 2.24) is 0 Å². The predicted molar refractivity (Wildman–Crippen MR) is 167 cm³/mol. The molecule has 0 amide bonds. The van der Waals surface area contributed by atoms with Crippen molar-refractivity contribution in [1.29, 1.82) is 0 Å². The van der Waals surface area contributed by atoms with Crippen molar-refractivity contribution >= 4 is 0 Å². The van der Waals surface area contributed by atoms with Gasteiger partial charge in [-0.2, -0.15) is 0 Å². The Morgan fingerprint density at radius 3 is 1.49 bits per heavy atom. The first-order valence-corrected chi connectivity index (χ1v) is 15.3. The molecule has 0 aliphatic carbocycles. The summed E-state index contributed by atoms with van der Waals surface area (Å²) in [6.45, 7) is 16.1. The maximum absolute atomic E-state index is 13.9. The second kappa shape index (κ2) is 17.6. The standard InChI is InChI=1S/C18H30O2.C17H24F4O2/c1-5-6-7-13-19-16-10-8-11-17(15-16)20-14-9-12-18(2,3)4;1-12(2)16(18,19)10-22-13-7-6-8-14(9-13)23-11-17(20,21)15(3,4)5/h8,10-11,15H,5-7,9,12-14H2,1-4H3;6-9,12H,10-11H2,1-5H3. The van der Waals surface area contributed by atoms with Gasteiger partial charge >= 0.3 is 0 Å². The number of unbranched alkanes of at least 4 members (excludes halogenated alkanes) is 2. The predicted octanol–water partition coefficient (Wildman–Crippen LogP) is 10.9. The highest BCUT2D eigenvalue weighted by molar-refractivity contribution is 5.33. The monoisotopic (exact) mass is 614 g/mol. The van der Waals surface area contributed by atoms with Crippen molar-refractivity contribution in [3.63, 3.8) is 0 Å². The Bertz CT molecular complexity index is 1040. The number of halogens is 4. The fourth-order valence-corrected chi connectivity index (χ4v) is 3.38. The zero-order chi connectivity index (χ0) is 32.7. The molecular weight excluding hydrogens is 560 g/mol. The molecule has 2 aromatic rings. The number of hydrogen-bond donors (Lipinski definition) is 0. The van der Waals surface area contributed by atoms with Gasteiger partial charge in [0.1, 0.15) is 23.0 Å². The van der Waals surface area contributed by atoms with Crippen molar-refractivity contribution < 1.29 is 36.5 Å².